The second-order valence-corrected chi connectivity index (χ2v) is 5.62. The Hall–Kier alpha value is -1.34. The van der Waals surface area contributed by atoms with Crippen molar-refractivity contribution in [2.24, 2.45) is 0 Å². The van der Waals surface area contributed by atoms with Crippen LogP contribution in [0.15, 0.2) is 12.3 Å². The van der Waals surface area contributed by atoms with Crippen molar-refractivity contribution in [3.05, 3.63) is 27.9 Å². The Morgan fingerprint density at radius 1 is 1.53 bits per heavy atom. The highest BCUT2D eigenvalue weighted by Crippen LogP contribution is 2.24. The van der Waals surface area contributed by atoms with Gasteiger partial charge in [0.05, 0.1) is 4.92 Å². The first-order chi connectivity index (χ1) is 9.16. The van der Waals surface area contributed by atoms with Crippen molar-refractivity contribution in [2.75, 3.05) is 37.7 Å². The van der Waals surface area contributed by atoms with Gasteiger partial charge in [-0.15, -0.1) is 0 Å². The van der Waals surface area contributed by atoms with Gasteiger partial charge in [-0.2, -0.15) is 11.8 Å². The highest BCUT2D eigenvalue weighted by Gasteiger charge is 2.17. The summed E-state index contributed by atoms with van der Waals surface area (Å²) in [6.07, 6.45) is 1.58. The van der Waals surface area contributed by atoms with E-state index in [1.807, 2.05) is 11.8 Å². The van der Waals surface area contributed by atoms with Crippen molar-refractivity contribution in [1.82, 2.24) is 9.88 Å². The van der Waals surface area contributed by atoms with Gasteiger partial charge < -0.3 is 4.74 Å². The quantitative estimate of drug-likeness (QED) is 0.605. The highest BCUT2D eigenvalue weighted by atomic mass is 32.2. The minimum Gasteiger partial charge on any atom is -0.471 e. The third-order valence-corrected chi connectivity index (χ3v) is 3.86. The average molecular weight is 283 g/mol. The summed E-state index contributed by atoms with van der Waals surface area (Å²) in [5.41, 5.74) is 0.696. The zero-order chi connectivity index (χ0) is 13.7. The summed E-state index contributed by atoms with van der Waals surface area (Å²) < 4.78 is 5.45. The fraction of sp³-hybridized carbons (Fsp3) is 0.583. The molecule has 1 fully saturated rings. The first-order valence-electron chi connectivity index (χ1n) is 6.21. The minimum absolute atomic E-state index is 0.0609. The molecule has 1 aliphatic heterocycles. The van der Waals surface area contributed by atoms with Crippen LogP contribution in [-0.2, 0) is 0 Å². The molecular formula is C12H17N3O3S. The van der Waals surface area contributed by atoms with Gasteiger partial charge >= 0.3 is 5.69 Å². The molecule has 0 amide bonds. The molecule has 1 saturated heterocycles. The zero-order valence-electron chi connectivity index (χ0n) is 10.9. The Balaban J connectivity index is 1.89. The fourth-order valence-corrected chi connectivity index (χ4v) is 2.86. The molecule has 0 bridgehead atoms. The lowest BCUT2D eigenvalue weighted by Gasteiger charge is -2.25. The first-order valence-corrected chi connectivity index (χ1v) is 7.36. The first kappa shape index (κ1) is 14.1. The van der Waals surface area contributed by atoms with Crippen LogP contribution in [0.2, 0.25) is 0 Å². The van der Waals surface area contributed by atoms with E-state index in [1.54, 1.807) is 13.1 Å². The van der Waals surface area contributed by atoms with Crippen molar-refractivity contribution in [1.29, 1.82) is 0 Å². The van der Waals surface area contributed by atoms with Crippen LogP contribution in [0.4, 0.5) is 5.69 Å². The Labute approximate surface area is 116 Å². The Morgan fingerprint density at radius 3 is 2.95 bits per heavy atom. The molecule has 1 aliphatic rings. The summed E-state index contributed by atoms with van der Waals surface area (Å²) in [5, 5.41) is 10.9. The molecular weight excluding hydrogens is 266 g/mol. The summed E-state index contributed by atoms with van der Waals surface area (Å²) in [4.78, 5) is 16.8. The van der Waals surface area contributed by atoms with Crippen LogP contribution in [-0.4, -0.2) is 52.6 Å². The predicted octanol–water partition coefficient (Wildman–Crippen LogP) is 1.73. The molecule has 104 valence electrons. The molecule has 2 heterocycles. The lowest BCUT2D eigenvalue weighted by molar-refractivity contribution is -0.386. The molecule has 0 unspecified atom stereocenters. The van der Waals surface area contributed by atoms with E-state index in [2.05, 4.69) is 9.88 Å². The lowest BCUT2D eigenvalue weighted by Crippen LogP contribution is -2.35. The van der Waals surface area contributed by atoms with Crippen molar-refractivity contribution >= 4 is 17.4 Å². The van der Waals surface area contributed by atoms with Gasteiger partial charge in [0, 0.05) is 43.4 Å². The van der Waals surface area contributed by atoms with Crippen molar-refractivity contribution in [3.63, 3.8) is 0 Å². The van der Waals surface area contributed by atoms with Crippen LogP contribution in [0.3, 0.4) is 0 Å². The molecule has 1 aromatic heterocycles. The molecule has 7 heteroatoms. The molecule has 1 aromatic rings. The Kier molecular flexibility index (Phi) is 4.98. The maximum absolute atomic E-state index is 10.9. The van der Waals surface area contributed by atoms with Gasteiger partial charge in [-0.25, -0.2) is 4.98 Å². The number of nitrogens with zero attached hydrogens (tertiary/aromatic N) is 3. The number of hydrogen-bond donors (Lipinski definition) is 0. The van der Waals surface area contributed by atoms with E-state index < -0.39 is 4.92 Å². The van der Waals surface area contributed by atoms with Gasteiger partial charge in [-0.3, -0.25) is 15.0 Å². The summed E-state index contributed by atoms with van der Waals surface area (Å²) in [6.45, 7) is 5.10. The molecule has 19 heavy (non-hydrogen) atoms. The minimum atomic E-state index is -0.452. The van der Waals surface area contributed by atoms with Gasteiger partial charge in [0.15, 0.2) is 0 Å². The van der Waals surface area contributed by atoms with Crippen molar-refractivity contribution < 1.29 is 9.66 Å². The number of pyridine rings is 1. The van der Waals surface area contributed by atoms with Crippen LogP contribution in [0.5, 0.6) is 5.88 Å². The van der Waals surface area contributed by atoms with E-state index in [9.17, 15) is 10.1 Å². The van der Waals surface area contributed by atoms with E-state index in [1.165, 1.54) is 6.07 Å². The van der Waals surface area contributed by atoms with Gasteiger partial charge in [-0.05, 0) is 12.5 Å². The number of nitro groups is 1. The molecule has 0 saturated carbocycles. The topological polar surface area (TPSA) is 68.5 Å². The SMILES string of the molecule is Cc1cnc(OCCN2CCSCC2)c([N+](=O)[O-])c1. The van der Waals surface area contributed by atoms with Crippen molar-refractivity contribution in [3.8, 4) is 5.88 Å². The lowest BCUT2D eigenvalue weighted by atomic mass is 10.3. The van der Waals surface area contributed by atoms with Gasteiger partial charge in [-0.1, -0.05) is 0 Å². The van der Waals surface area contributed by atoms with Crippen LogP contribution in [0, 0.1) is 17.0 Å². The van der Waals surface area contributed by atoms with Gasteiger partial charge in [0.2, 0.25) is 0 Å². The third-order valence-electron chi connectivity index (χ3n) is 2.92. The Bertz CT molecular complexity index is 450. The molecule has 0 spiro atoms. The molecule has 0 radical (unpaired) electrons. The van der Waals surface area contributed by atoms with Crippen LogP contribution < -0.4 is 4.74 Å². The molecule has 6 nitrogen and oxygen atoms in total. The van der Waals surface area contributed by atoms with Crippen molar-refractivity contribution in [2.45, 2.75) is 6.92 Å². The van der Waals surface area contributed by atoms with E-state index in [0.29, 0.717) is 6.61 Å². The molecule has 0 N–H and O–H groups in total. The fourth-order valence-electron chi connectivity index (χ4n) is 1.88. The second kappa shape index (κ2) is 6.72. The number of aryl methyl sites for hydroxylation is 1. The van der Waals surface area contributed by atoms with Gasteiger partial charge in [0.25, 0.3) is 5.88 Å². The average Bonchev–Trinajstić information content (AvgIpc) is 2.41. The van der Waals surface area contributed by atoms with Crippen LogP contribution in [0.1, 0.15) is 5.56 Å². The number of aromatic nitrogens is 1. The standard InChI is InChI=1S/C12H17N3O3S/c1-10-8-11(15(16)17)12(13-9-10)18-5-2-14-3-6-19-7-4-14/h8-9H,2-7H2,1H3. The predicted molar refractivity (Wildman–Crippen MR) is 74.9 cm³/mol. The zero-order valence-corrected chi connectivity index (χ0v) is 11.7. The third kappa shape index (κ3) is 4.07. The highest BCUT2D eigenvalue weighted by molar-refractivity contribution is 7.99. The molecule has 0 aromatic carbocycles. The summed E-state index contributed by atoms with van der Waals surface area (Å²) in [5.74, 6) is 2.40. The molecule has 0 aliphatic carbocycles. The largest absolute Gasteiger partial charge is 0.471 e. The maximum Gasteiger partial charge on any atom is 0.331 e. The number of ether oxygens (including phenoxy) is 1. The normalized spacial score (nSPS) is 16.3. The molecule has 2 rings (SSSR count). The Morgan fingerprint density at radius 2 is 2.26 bits per heavy atom. The van der Waals surface area contributed by atoms with E-state index in [-0.39, 0.29) is 11.6 Å². The van der Waals surface area contributed by atoms with E-state index in [0.717, 1.165) is 36.7 Å². The summed E-state index contributed by atoms with van der Waals surface area (Å²) in [7, 11) is 0. The number of thioether (sulfide) groups is 1. The van der Waals surface area contributed by atoms with Gasteiger partial charge in [0.1, 0.15) is 6.61 Å². The smallest absolute Gasteiger partial charge is 0.331 e. The van der Waals surface area contributed by atoms with E-state index >= 15 is 0 Å². The number of rotatable bonds is 5. The second-order valence-electron chi connectivity index (χ2n) is 4.40. The monoisotopic (exact) mass is 283 g/mol. The van der Waals surface area contributed by atoms with E-state index in [4.69, 9.17) is 4.74 Å². The maximum atomic E-state index is 10.9. The van der Waals surface area contributed by atoms with Crippen LogP contribution >= 0.6 is 11.8 Å². The number of hydrogen-bond acceptors (Lipinski definition) is 6. The summed E-state index contributed by atoms with van der Waals surface area (Å²) in [6, 6.07) is 1.49. The van der Waals surface area contributed by atoms with Crippen LogP contribution in [0.25, 0.3) is 0 Å². The summed E-state index contributed by atoms with van der Waals surface area (Å²) >= 11 is 1.95. The molecule has 0 atom stereocenters.